The largest absolute Gasteiger partial charge is 0.497 e. The van der Waals surface area contributed by atoms with Crippen LogP contribution < -0.4 is 10.1 Å². The van der Waals surface area contributed by atoms with Gasteiger partial charge in [-0.25, -0.2) is 0 Å². The summed E-state index contributed by atoms with van der Waals surface area (Å²) >= 11 is 0. The molecule has 2 atom stereocenters. The Morgan fingerprint density at radius 2 is 1.67 bits per heavy atom. The fraction of sp³-hybridized carbons (Fsp3) is 0.273. The van der Waals surface area contributed by atoms with Crippen molar-refractivity contribution >= 4 is 11.9 Å². The number of esters is 1. The lowest BCUT2D eigenvalue weighted by Gasteiger charge is -2.28. The van der Waals surface area contributed by atoms with Crippen LogP contribution in [0.5, 0.6) is 5.75 Å². The normalized spacial score (nSPS) is 12.6. The van der Waals surface area contributed by atoms with Gasteiger partial charge in [0.25, 0.3) is 5.91 Å². The van der Waals surface area contributed by atoms with E-state index in [1.807, 2.05) is 30.3 Å². The van der Waals surface area contributed by atoms with Gasteiger partial charge in [-0.05, 0) is 48.7 Å². The maximum absolute atomic E-state index is 12.7. The summed E-state index contributed by atoms with van der Waals surface area (Å²) in [6, 6.07) is 16.0. The number of ether oxygens (including phenoxy) is 2. The molecule has 2 rings (SSSR count). The molecular formula is C22H25NO4. The highest BCUT2D eigenvalue weighted by Crippen LogP contribution is 2.18. The first-order valence-corrected chi connectivity index (χ1v) is 8.72. The molecule has 1 N–H and O–H groups in total. The lowest BCUT2D eigenvalue weighted by molar-refractivity contribution is -0.145. The molecule has 0 bridgehead atoms. The van der Waals surface area contributed by atoms with Crippen LogP contribution in [-0.2, 0) is 16.0 Å². The van der Waals surface area contributed by atoms with Crippen molar-refractivity contribution in [2.24, 2.45) is 0 Å². The predicted octanol–water partition coefficient (Wildman–Crippen LogP) is 3.54. The molecule has 1 amide bonds. The van der Waals surface area contributed by atoms with Gasteiger partial charge in [-0.15, -0.1) is 0 Å². The maximum atomic E-state index is 12.7. The first-order valence-electron chi connectivity index (χ1n) is 8.72. The van der Waals surface area contributed by atoms with Crippen molar-refractivity contribution < 1.29 is 19.1 Å². The quantitative estimate of drug-likeness (QED) is 0.572. The maximum Gasteiger partial charge on any atom is 0.303 e. The number of benzene rings is 2. The highest BCUT2D eigenvalue weighted by atomic mass is 16.5. The van der Waals surface area contributed by atoms with Crippen molar-refractivity contribution in [1.82, 2.24) is 5.32 Å². The average Bonchev–Trinajstić information content (AvgIpc) is 2.66. The number of rotatable bonds is 8. The third-order valence-corrected chi connectivity index (χ3v) is 4.11. The number of hydrogen-bond acceptors (Lipinski definition) is 4. The smallest absolute Gasteiger partial charge is 0.303 e. The molecule has 0 heterocycles. The van der Waals surface area contributed by atoms with E-state index in [-0.39, 0.29) is 5.91 Å². The number of hydrogen-bond donors (Lipinski definition) is 1. The lowest BCUT2D eigenvalue weighted by Crippen LogP contribution is -2.47. The molecule has 27 heavy (non-hydrogen) atoms. The molecule has 142 valence electrons. The molecule has 5 nitrogen and oxygen atoms in total. The Morgan fingerprint density at radius 1 is 1.04 bits per heavy atom. The molecule has 0 spiro atoms. The molecule has 0 aromatic heterocycles. The van der Waals surface area contributed by atoms with Gasteiger partial charge < -0.3 is 14.8 Å². The third kappa shape index (κ3) is 5.99. The number of amides is 1. The lowest BCUT2D eigenvalue weighted by atomic mass is 9.96. The highest BCUT2D eigenvalue weighted by Gasteiger charge is 2.27. The first-order chi connectivity index (χ1) is 12.9. The van der Waals surface area contributed by atoms with Crippen LogP contribution in [0.4, 0.5) is 0 Å². The number of nitrogens with one attached hydrogen (secondary N) is 1. The van der Waals surface area contributed by atoms with Gasteiger partial charge in [0.1, 0.15) is 11.9 Å². The van der Waals surface area contributed by atoms with E-state index in [0.717, 1.165) is 11.3 Å². The fourth-order valence-electron chi connectivity index (χ4n) is 2.80. The number of carbonyl (C=O) groups is 2. The summed E-state index contributed by atoms with van der Waals surface area (Å²) in [5, 5.41) is 2.99. The molecule has 0 saturated heterocycles. The van der Waals surface area contributed by atoms with Gasteiger partial charge in [-0.3, -0.25) is 9.59 Å². The highest BCUT2D eigenvalue weighted by molar-refractivity contribution is 5.94. The molecule has 1 unspecified atom stereocenters. The van der Waals surface area contributed by atoms with Gasteiger partial charge in [0.05, 0.1) is 13.2 Å². The van der Waals surface area contributed by atoms with E-state index in [9.17, 15) is 9.59 Å². The Balaban J connectivity index is 2.26. The number of carbonyl (C=O) groups excluding carboxylic acids is 2. The van der Waals surface area contributed by atoms with Crippen LogP contribution >= 0.6 is 0 Å². The third-order valence-electron chi connectivity index (χ3n) is 4.11. The standard InChI is InChI=1S/C22H25NO4/c1-15(2)21(27-16(3)24)20(14-17-10-12-19(26-4)13-11-17)23-22(25)18-8-6-5-7-9-18/h5-13,20-21H,1,14H2,2-4H3,(H,23,25)/t20-,21?/m0/s1. The zero-order chi connectivity index (χ0) is 19.8. The zero-order valence-corrected chi connectivity index (χ0v) is 15.9. The summed E-state index contributed by atoms with van der Waals surface area (Å²) in [7, 11) is 1.61. The van der Waals surface area contributed by atoms with E-state index in [0.29, 0.717) is 17.6 Å². The Labute approximate surface area is 160 Å². The Bertz CT molecular complexity index is 784. The molecule has 2 aromatic carbocycles. The van der Waals surface area contributed by atoms with Gasteiger partial charge >= 0.3 is 5.97 Å². The summed E-state index contributed by atoms with van der Waals surface area (Å²) in [5.74, 6) is 0.101. The van der Waals surface area contributed by atoms with Crippen LogP contribution in [0, 0.1) is 0 Å². The van der Waals surface area contributed by atoms with Crippen LogP contribution in [0.15, 0.2) is 66.7 Å². The van der Waals surface area contributed by atoms with Gasteiger partial charge in [0.15, 0.2) is 0 Å². The minimum Gasteiger partial charge on any atom is -0.497 e. The Hall–Kier alpha value is -3.08. The van der Waals surface area contributed by atoms with Crippen LogP contribution in [-0.4, -0.2) is 31.1 Å². The minimum atomic E-state index is -0.628. The van der Waals surface area contributed by atoms with Crippen molar-refractivity contribution in [1.29, 1.82) is 0 Å². The summed E-state index contributed by atoms with van der Waals surface area (Å²) in [6.07, 6.45) is -0.148. The second-order valence-corrected chi connectivity index (χ2v) is 6.37. The van der Waals surface area contributed by atoms with Crippen LogP contribution in [0.1, 0.15) is 29.8 Å². The molecule has 5 heteroatoms. The second kappa shape index (κ2) is 9.57. The van der Waals surface area contributed by atoms with Crippen LogP contribution in [0.3, 0.4) is 0 Å². The van der Waals surface area contributed by atoms with Gasteiger partial charge in [-0.1, -0.05) is 36.9 Å². The van der Waals surface area contributed by atoms with Gasteiger partial charge in [-0.2, -0.15) is 0 Å². The fourth-order valence-corrected chi connectivity index (χ4v) is 2.80. The van der Waals surface area contributed by atoms with E-state index in [1.165, 1.54) is 6.92 Å². The van der Waals surface area contributed by atoms with Crippen molar-refractivity contribution in [2.45, 2.75) is 32.4 Å². The number of methoxy groups -OCH3 is 1. The van der Waals surface area contributed by atoms with Crippen molar-refractivity contribution in [3.63, 3.8) is 0 Å². The topological polar surface area (TPSA) is 64.6 Å². The summed E-state index contributed by atoms with van der Waals surface area (Å²) in [6.45, 7) is 7.06. The van der Waals surface area contributed by atoms with Crippen LogP contribution in [0.25, 0.3) is 0 Å². The van der Waals surface area contributed by atoms with Crippen molar-refractivity contribution in [2.75, 3.05) is 7.11 Å². The molecule has 0 aliphatic heterocycles. The van der Waals surface area contributed by atoms with Gasteiger partial charge in [0, 0.05) is 12.5 Å². The van der Waals surface area contributed by atoms with E-state index in [4.69, 9.17) is 9.47 Å². The van der Waals surface area contributed by atoms with Crippen LogP contribution in [0.2, 0.25) is 0 Å². The predicted molar refractivity (Wildman–Crippen MR) is 105 cm³/mol. The molecule has 2 aromatic rings. The Morgan fingerprint density at radius 3 is 2.19 bits per heavy atom. The van der Waals surface area contributed by atoms with E-state index < -0.39 is 18.1 Å². The van der Waals surface area contributed by atoms with E-state index in [2.05, 4.69) is 11.9 Å². The van der Waals surface area contributed by atoms with Crippen molar-refractivity contribution in [3.05, 3.63) is 77.9 Å². The molecule has 0 fully saturated rings. The molecule has 0 aliphatic carbocycles. The Kier molecular flexibility index (Phi) is 7.17. The SMILES string of the molecule is C=C(C)C(OC(C)=O)[C@H](Cc1ccc(OC)cc1)NC(=O)c1ccccc1. The molecule has 0 aliphatic rings. The molecular weight excluding hydrogens is 342 g/mol. The van der Waals surface area contributed by atoms with Crippen molar-refractivity contribution in [3.8, 4) is 5.75 Å². The first kappa shape index (κ1) is 20.2. The summed E-state index contributed by atoms with van der Waals surface area (Å²) < 4.78 is 10.6. The minimum absolute atomic E-state index is 0.229. The van der Waals surface area contributed by atoms with Gasteiger partial charge in [0.2, 0.25) is 0 Å². The van der Waals surface area contributed by atoms with E-state index >= 15 is 0 Å². The summed E-state index contributed by atoms with van der Waals surface area (Å²) in [4.78, 5) is 24.2. The summed E-state index contributed by atoms with van der Waals surface area (Å²) in [5.41, 5.74) is 2.19. The average molecular weight is 367 g/mol. The monoisotopic (exact) mass is 367 g/mol. The zero-order valence-electron chi connectivity index (χ0n) is 15.9. The van der Waals surface area contributed by atoms with E-state index in [1.54, 1.807) is 38.3 Å². The molecule has 0 radical (unpaired) electrons. The second-order valence-electron chi connectivity index (χ2n) is 6.37. The molecule has 0 saturated carbocycles.